The van der Waals surface area contributed by atoms with Crippen LogP contribution in [0.5, 0.6) is 0 Å². The van der Waals surface area contributed by atoms with Crippen molar-refractivity contribution in [1.29, 1.82) is 0 Å². The van der Waals surface area contributed by atoms with E-state index in [-0.39, 0.29) is 0 Å². The Morgan fingerprint density at radius 2 is 1.00 bits per heavy atom. The van der Waals surface area contributed by atoms with Gasteiger partial charge in [0.2, 0.25) is 0 Å². The standard InChI is InChI=1S/C59H41N3/c1-2-3-7-21-45-36-46(38-52-53-39-60-35-34-56(53)62(59(45)52)47-22-12-6-13-23-47)40-28-30-41(31-29-40)54-26-16-27-55(61-54)44-32-33-50-51(37-44)58(43-19-10-5-11-20-43)49-25-15-14-24-48(49)57(50)42-17-8-4-9-18-42/h2-39H,1H3/b3-2-,21-7-. The van der Waals surface area contributed by atoms with Crippen LogP contribution in [0.15, 0.2) is 225 Å². The van der Waals surface area contributed by atoms with E-state index in [0.717, 1.165) is 61.3 Å². The van der Waals surface area contributed by atoms with Gasteiger partial charge in [-0.05, 0) is 116 Å². The van der Waals surface area contributed by atoms with Crippen molar-refractivity contribution in [3.8, 4) is 61.6 Å². The van der Waals surface area contributed by atoms with Gasteiger partial charge in [0, 0.05) is 40.0 Å². The average molecular weight is 792 g/mol. The van der Waals surface area contributed by atoms with Crippen LogP contribution in [0.4, 0.5) is 0 Å². The molecule has 0 fully saturated rings. The van der Waals surface area contributed by atoms with Crippen LogP contribution >= 0.6 is 0 Å². The lowest BCUT2D eigenvalue weighted by Crippen LogP contribution is -1.95. The lowest BCUT2D eigenvalue weighted by molar-refractivity contribution is 1.17. The number of allylic oxidation sites excluding steroid dienone is 3. The third-order valence-electron chi connectivity index (χ3n) is 12.0. The van der Waals surface area contributed by atoms with Gasteiger partial charge < -0.3 is 4.57 Å². The second-order valence-electron chi connectivity index (χ2n) is 15.7. The first-order chi connectivity index (χ1) is 30.7. The fourth-order valence-corrected chi connectivity index (χ4v) is 9.19. The van der Waals surface area contributed by atoms with Gasteiger partial charge in [0.1, 0.15) is 0 Å². The molecule has 0 saturated heterocycles. The quantitative estimate of drug-likeness (QED) is 0.113. The van der Waals surface area contributed by atoms with Crippen LogP contribution in [0.1, 0.15) is 12.5 Å². The van der Waals surface area contributed by atoms with Gasteiger partial charge >= 0.3 is 0 Å². The van der Waals surface area contributed by atoms with E-state index < -0.39 is 0 Å². The van der Waals surface area contributed by atoms with E-state index in [1.165, 1.54) is 49.2 Å². The summed E-state index contributed by atoms with van der Waals surface area (Å²) in [5, 5.41) is 7.22. The molecule has 0 radical (unpaired) electrons. The van der Waals surface area contributed by atoms with Crippen molar-refractivity contribution >= 4 is 49.4 Å². The van der Waals surface area contributed by atoms with Gasteiger partial charge in [0.25, 0.3) is 0 Å². The summed E-state index contributed by atoms with van der Waals surface area (Å²) < 4.78 is 2.36. The highest BCUT2D eigenvalue weighted by Gasteiger charge is 2.19. The number of para-hydroxylation sites is 1. The van der Waals surface area contributed by atoms with Crippen LogP contribution in [0.2, 0.25) is 0 Å². The van der Waals surface area contributed by atoms with Crippen molar-refractivity contribution < 1.29 is 0 Å². The van der Waals surface area contributed by atoms with Gasteiger partial charge in [-0.25, -0.2) is 4.98 Å². The number of fused-ring (bicyclic) bond motifs is 5. The van der Waals surface area contributed by atoms with E-state index in [2.05, 4.69) is 228 Å². The van der Waals surface area contributed by atoms with Crippen LogP contribution < -0.4 is 0 Å². The first-order valence-electron chi connectivity index (χ1n) is 21.2. The summed E-state index contributed by atoms with van der Waals surface area (Å²) in [5.74, 6) is 0. The second-order valence-corrected chi connectivity index (χ2v) is 15.7. The topological polar surface area (TPSA) is 30.7 Å². The van der Waals surface area contributed by atoms with Gasteiger partial charge in [-0.1, -0.05) is 170 Å². The number of pyridine rings is 2. The molecule has 11 rings (SSSR count). The van der Waals surface area contributed by atoms with Crippen molar-refractivity contribution in [2.45, 2.75) is 6.92 Å². The Kier molecular flexibility index (Phi) is 9.40. The SMILES string of the molecule is C/C=C\C=C/c1cc(-c2ccc(-c3cccc(-c4ccc5c(-c6ccccc6)c6ccccc6c(-c6ccccc6)c5c4)n3)cc2)cc2c3cnccc3n(-c3ccccc3)c12. The maximum absolute atomic E-state index is 5.31. The van der Waals surface area contributed by atoms with Crippen LogP contribution in [-0.2, 0) is 0 Å². The molecule has 0 amide bonds. The Bertz CT molecular complexity index is 3490. The number of benzene rings is 8. The monoisotopic (exact) mass is 791 g/mol. The van der Waals surface area contributed by atoms with E-state index in [1.807, 2.05) is 19.3 Å². The van der Waals surface area contributed by atoms with Gasteiger partial charge in [0.05, 0.1) is 22.4 Å². The Morgan fingerprint density at radius 3 is 1.69 bits per heavy atom. The average Bonchev–Trinajstić information content (AvgIpc) is 3.68. The third kappa shape index (κ3) is 6.48. The molecule has 0 aliphatic rings. The van der Waals surface area contributed by atoms with E-state index in [1.54, 1.807) is 0 Å². The third-order valence-corrected chi connectivity index (χ3v) is 12.0. The first-order valence-corrected chi connectivity index (χ1v) is 21.2. The fraction of sp³-hybridized carbons (Fsp3) is 0.0169. The molecule has 3 heterocycles. The zero-order valence-corrected chi connectivity index (χ0v) is 34.3. The van der Waals surface area contributed by atoms with Gasteiger partial charge in [-0.2, -0.15) is 0 Å². The molecule has 11 aromatic rings. The minimum atomic E-state index is 0.934. The summed E-state index contributed by atoms with van der Waals surface area (Å²) >= 11 is 0. The largest absolute Gasteiger partial charge is 0.309 e. The Balaban J connectivity index is 1.01. The summed E-state index contributed by atoms with van der Waals surface area (Å²) in [5.41, 5.74) is 15.8. The molecule has 0 aliphatic carbocycles. The molecule has 292 valence electrons. The highest BCUT2D eigenvalue weighted by Crippen LogP contribution is 2.45. The van der Waals surface area contributed by atoms with Crippen molar-refractivity contribution in [2.24, 2.45) is 0 Å². The van der Waals surface area contributed by atoms with Crippen LogP contribution in [-0.4, -0.2) is 14.5 Å². The smallest absolute Gasteiger partial charge is 0.0709 e. The molecule has 0 bridgehead atoms. The normalized spacial score (nSPS) is 11.8. The van der Waals surface area contributed by atoms with Crippen LogP contribution in [0, 0.1) is 0 Å². The molecular formula is C59H41N3. The number of aromatic nitrogens is 3. The minimum absolute atomic E-state index is 0.934. The van der Waals surface area contributed by atoms with E-state index >= 15 is 0 Å². The second kappa shape index (κ2) is 15.8. The Labute approximate surface area is 361 Å². The predicted molar refractivity (Wildman–Crippen MR) is 262 cm³/mol. The first kappa shape index (κ1) is 36.9. The molecule has 0 unspecified atom stereocenters. The zero-order chi connectivity index (χ0) is 41.4. The maximum Gasteiger partial charge on any atom is 0.0709 e. The zero-order valence-electron chi connectivity index (χ0n) is 34.3. The van der Waals surface area contributed by atoms with Gasteiger partial charge in [0.15, 0.2) is 0 Å². The van der Waals surface area contributed by atoms with Crippen molar-refractivity contribution in [2.75, 3.05) is 0 Å². The molecule has 0 aliphatic heterocycles. The number of hydrogen-bond donors (Lipinski definition) is 0. The minimum Gasteiger partial charge on any atom is -0.309 e. The summed E-state index contributed by atoms with van der Waals surface area (Å²) in [6, 6.07) is 69.7. The molecular weight excluding hydrogens is 751 g/mol. The highest BCUT2D eigenvalue weighted by atomic mass is 15.0. The summed E-state index contributed by atoms with van der Waals surface area (Å²) in [6.45, 7) is 2.04. The van der Waals surface area contributed by atoms with Crippen molar-refractivity contribution in [3.63, 3.8) is 0 Å². The molecule has 8 aromatic carbocycles. The molecule has 62 heavy (non-hydrogen) atoms. The Morgan fingerprint density at radius 1 is 0.419 bits per heavy atom. The summed E-state index contributed by atoms with van der Waals surface area (Å²) in [6.07, 6.45) is 12.3. The van der Waals surface area contributed by atoms with Crippen molar-refractivity contribution in [3.05, 3.63) is 230 Å². The van der Waals surface area contributed by atoms with E-state index in [9.17, 15) is 0 Å². The van der Waals surface area contributed by atoms with E-state index in [0.29, 0.717) is 0 Å². The fourth-order valence-electron chi connectivity index (χ4n) is 9.19. The number of nitrogens with zero attached hydrogens (tertiary/aromatic N) is 3. The van der Waals surface area contributed by atoms with Gasteiger partial charge in [-0.15, -0.1) is 0 Å². The number of hydrogen-bond acceptors (Lipinski definition) is 2. The van der Waals surface area contributed by atoms with E-state index in [4.69, 9.17) is 4.98 Å². The molecule has 0 N–H and O–H groups in total. The molecule has 0 spiro atoms. The molecule has 3 nitrogen and oxygen atoms in total. The Hall–Kier alpha value is -8.14. The lowest BCUT2D eigenvalue weighted by Gasteiger charge is -2.18. The molecule has 3 aromatic heterocycles. The lowest BCUT2D eigenvalue weighted by atomic mass is 9.85. The molecule has 0 saturated carbocycles. The summed E-state index contributed by atoms with van der Waals surface area (Å²) in [4.78, 5) is 9.87. The van der Waals surface area contributed by atoms with Crippen molar-refractivity contribution in [1.82, 2.24) is 14.5 Å². The number of rotatable bonds is 8. The van der Waals surface area contributed by atoms with Gasteiger partial charge in [-0.3, -0.25) is 4.98 Å². The molecule has 0 atom stereocenters. The highest BCUT2D eigenvalue weighted by molar-refractivity contribution is 6.22. The van der Waals surface area contributed by atoms with Crippen LogP contribution in [0.25, 0.3) is 111 Å². The summed E-state index contributed by atoms with van der Waals surface area (Å²) in [7, 11) is 0. The maximum atomic E-state index is 5.31. The predicted octanol–water partition coefficient (Wildman–Crippen LogP) is 15.8. The molecule has 3 heteroatoms. The van der Waals surface area contributed by atoms with Crippen LogP contribution in [0.3, 0.4) is 0 Å².